The molecule has 5 nitrogen and oxygen atoms in total. The van der Waals surface area contributed by atoms with Crippen molar-refractivity contribution in [1.82, 2.24) is 9.62 Å². The lowest BCUT2D eigenvalue weighted by Crippen LogP contribution is -2.48. The maximum atomic E-state index is 12.4. The summed E-state index contributed by atoms with van der Waals surface area (Å²) in [6.07, 6.45) is 0.805. The van der Waals surface area contributed by atoms with Crippen molar-refractivity contribution in [3.63, 3.8) is 0 Å². The number of nitrogens with one attached hydrogen (secondary N) is 1. The molecule has 0 bridgehead atoms. The minimum absolute atomic E-state index is 0.0486. The van der Waals surface area contributed by atoms with Gasteiger partial charge in [-0.25, -0.2) is 13.1 Å². The van der Waals surface area contributed by atoms with Gasteiger partial charge in [0, 0.05) is 12.6 Å². The number of hydrogen-bond donors (Lipinski definition) is 2. The SMILES string of the molecule is CC1CN(C)CCC1NS(=O)(=O)c1ccc(N)c(Cl)c1. The van der Waals surface area contributed by atoms with Crippen molar-refractivity contribution in [1.29, 1.82) is 0 Å². The van der Waals surface area contributed by atoms with E-state index < -0.39 is 10.0 Å². The average Bonchev–Trinajstić information content (AvgIpc) is 2.36. The van der Waals surface area contributed by atoms with E-state index in [0.29, 0.717) is 5.69 Å². The van der Waals surface area contributed by atoms with Crippen LogP contribution in [0.5, 0.6) is 0 Å². The number of halogens is 1. The smallest absolute Gasteiger partial charge is 0.240 e. The Morgan fingerprint density at radius 3 is 2.75 bits per heavy atom. The molecule has 1 fully saturated rings. The molecule has 2 rings (SSSR count). The summed E-state index contributed by atoms with van der Waals surface area (Å²) in [6.45, 7) is 3.83. The fraction of sp³-hybridized carbons (Fsp3) is 0.538. The van der Waals surface area contributed by atoms with Crippen molar-refractivity contribution >= 4 is 27.3 Å². The largest absolute Gasteiger partial charge is 0.398 e. The van der Waals surface area contributed by atoms with Gasteiger partial charge in [-0.3, -0.25) is 0 Å². The Labute approximate surface area is 125 Å². The highest BCUT2D eigenvalue weighted by atomic mass is 35.5. The second-order valence-corrected chi connectivity index (χ2v) is 7.56. The number of hydrogen-bond acceptors (Lipinski definition) is 4. The van der Waals surface area contributed by atoms with Crippen LogP contribution in [0.1, 0.15) is 13.3 Å². The van der Waals surface area contributed by atoms with Gasteiger partial charge >= 0.3 is 0 Å². The van der Waals surface area contributed by atoms with Crippen LogP contribution in [0.2, 0.25) is 5.02 Å². The zero-order chi connectivity index (χ0) is 14.9. The molecule has 1 aliphatic rings. The van der Waals surface area contributed by atoms with Crippen LogP contribution in [0.25, 0.3) is 0 Å². The summed E-state index contributed by atoms with van der Waals surface area (Å²) in [5.41, 5.74) is 5.97. The van der Waals surface area contributed by atoms with Gasteiger partial charge in [0.2, 0.25) is 10.0 Å². The first-order valence-corrected chi connectivity index (χ1v) is 8.41. The van der Waals surface area contributed by atoms with Crippen LogP contribution in [0.3, 0.4) is 0 Å². The van der Waals surface area contributed by atoms with Crippen LogP contribution in [-0.2, 0) is 10.0 Å². The lowest BCUT2D eigenvalue weighted by Gasteiger charge is -2.34. The van der Waals surface area contributed by atoms with Crippen molar-refractivity contribution in [2.24, 2.45) is 5.92 Å². The first-order valence-electron chi connectivity index (χ1n) is 6.55. The van der Waals surface area contributed by atoms with Gasteiger partial charge in [-0.05, 0) is 44.1 Å². The van der Waals surface area contributed by atoms with Gasteiger partial charge in [0.1, 0.15) is 0 Å². The van der Waals surface area contributed by atoms with Crippen LogP contribution in [0.4, 0.5) is 5.69 Å². The number of sulfonamides is 1. The van der Waals surface area contributed by atoms with Gasteiger partial charge in [0.25, 0.3) is 0 Å². The minimum Gasteiger partial charge on any atom is -0.398 e. The van der Waals surface area contributed by atoms with Gasteiger partial charge in [-0.15, -0.1) is 0 Å². The van der Waals surface area contributed by atoms with Gasteiger partial charge in [-0.1, -0.05) is 18.5 Å². The molecule has 2 atom stereocenters. The zero-order valence-corrected chi connectivity index (χ0v) is 13.2. The summed E-state index contributed by atoms with van der Waals surface area (Å²) < 4.78 is 27.5. The number of nitrogens with zero attached hydrogens (tertiary/aromatic N) is 1. The molecular formula is C13H20ClN3O2S. The number of nitrogen functional groups attached to an aromatic ring is 1. The Balaban J connectivity index is 2.16. The third-order valence-corrected chi connectivity index (χ3v) is 5.51. The molecule has 1 heterocycles. The number of benzene rings is 1. The summed E-state index contributed by atoms with van der Waals surface area (Å²) >= 11 is 5.89. The predicted octanol–water partition coefficient (Wildman–Crippen LogP) is 1.54. The van der Waals surface area contributed by atoms with E-state index >= 15 is 0 Å². The summed E-state index contributed by atoms with van der Waals surface area (Å²) in [5.74, 6) is 0.271. The van der Waals surface area contributed by atoms with E-state index in [1.807, 2.05) is 7.05 Å². The summed E-state index contributed by atoms with van der Waals surface area (Å²) in [4.78, 5) is 2.36. The average molecular weight is 318 g/mol. The van der Waals surface area contributed by atoms with E-state index in [1.165, 1.54) is 18.2 Å². The summed E-state index contributed by atoms with van der Waals surface area (Å²) in [6, 6.07) is 4.32. The quantitative estimate of drug-likeness (QED) is 0.829. The van der Waals surface area contributed by atoms with Crippen LogP contribution < -0.4 is 10.5 Å². The van der Waals surface area contributed by atoms with E-state index in [-0.39, 0.29) is 21.9 Å². The first-order chi connectivity index (χ1) is 9.29. The minimum atomic E-state index is -3.56. The van der Waals surface area contributed by atoms with Crippen molar-refractivity contribution in [3.05, 3.63) is 23.2 Å². The Bertz CT molecular complexity index is 591. The third-order valence-electron chi connectivity index (χ3n) is 3.70. The predicted molar refractivity (Wildman–Crippen MR) is 81.3 cm³/mol. The molecule has 2 unspecified atom stereocenters. The van der Waals surface area contributed by atoms with Crippen molar-refractivity contribution in [2.45, 2.75) is 24.3 Å². The molecule has 0 radical (unpaired) electrons. The highest BCUT2D eigenvalue weighted by Crippen LogP contribution is 2.24. The van der Waals surface area contributed by atoms with Crippen LogP contribution in [0, 0.1) is 5.92 Å². The number of anilines is 1. The maximum Gasteiger partial charge on any atom is 0.240 e. The molecule has 1 saturated heterocycles. The summed E-state index contributed by atoms with van der Waals surface area (Å²) in [7, 11) is -1.52. The van der Waals surface area contributed by atoms with Crippen molar-refractivity contribution in [2.75, 3.05) is 25.9 Å². The van der Waals surface area contributed by atoms with Crippen LogP contribution in [-0.4, -0.2) is 39.5 Å². The maximum absolute atomic E-state index is 12.4. The van der Waals surface area contributed by atoms with Crippen LogP contribution in [0.15, 0.2) is 23.1 Å². The molecule has 20 heavy (non-hydrogen) atoms. The van der Waals surface area contributed by atoms with Gasteiger partial charge in [-0.2, -0.15) is 0 Å². The second kappa shape index (κ2) is 5.89. The van der Waals surface area contributed by atoms with Crippen LogP contribution >= 0.6 is 11.6 Å². The molecule has 7 heteroatoms. The van der Waals surface area contributed by atoms with E-state index in [2.05, 4.69) is 16.5 Å². The van der Waals surface area contributed by atoms with Crippen molar-refractivity contribution < 1.29 is 8.42 Å². The Morgan fingerprint density at radius 2 is 2.15 bits per heavy atom. The molecule has 0 spiro atoms. The Hall–Kier alpha value is -0.820. The topological polar surface area (TPSA) is 75.4 Å². The molecule has 0 aliphatic carbocycles. The normalized spacial score (nSPS) is 24.8. The lowest BCUT2D eigenvalue weighted by atomic mass is 9.95. The van der Waals surface area contributed by atoms with E-state index in [1.54, 1.807) is 0 Å². The van der Waals surface area contributed by atoms with Crippen molar-refractivity contribution in [3.8, 4) is 0 Å². The highest BCUT2D eigenvalue weighted by Gasteiger charge is 2.28. The second-order valence-electron chi connectivity index (χ2n) is 5.44. The number of likely N-dealkylation sites (tertiary alicyclic amines) is 1. The number of nitrogens with two attached hydrogens (primary N) is 1. The monoisotopic (exact) mass is 317 g/mol. The first kappa shape index (κ1) is 15.6. The summed E-state index contributed by atoms with van der Waals surface area (Å²) in [5, 5.41) is 0.254. The molecule has 1 aliphatic heterocycles. The fourth-order valence-corrected chi connectivity index (χ4v) is 4.12. The number of rotatable bonds is 3. The molecule has 0 saturated carbocycles. The highest BCUT2D eigenvalue weighted by molar-refractivity contribution is 7.89. The Morgan fingerprint density at radius 1 is 1.45 bits per heavy atom. The molecular weight excluding hydrogens is 298 g/mol. The molecule has 1 aromatic rings. The fourth-order valence-electron chi connectivity index (χ4n) is 2.47. The third kappa shape index (κ3) is 3.44. The zero-order valence-electron chi connectivity index (χ0n) is 11.6. The molecule has 112 valence electrons. The lowest BCUT2D eigenvalue weighted by molar-refractivity contribution is 0.188. The van der Waals surface area contributed by atoms with E-state index in [4.69, 9.17) is 17.3 Å². The Kier molecular flexibility index (Phi) is 4.59. The molecule has 1 aromatic carbocycles. The number of piperidine rings is 1. The van der Waals surface area contributed by atoms with E-state index in [0.717, 1.165) is 19.5 Å². The van der Waals surface area contributed by atoms with E-state index in [9.17, 15) is 8.42 Å². The van der Waals surface area contributed by atoms with Gasteiger partial charge in [0.15, 0.2) is 0 Å². The molecule has 0 amide bonds. The van der Waals surface area contributed by atoms with Gasteiger partial charge in [0.05, 0.1) is 15.6 Å². The molecule has 3 N–H and O–H groups in total. The van der Waals surface area contributed by atoms with Gasteiger partial charge < -0.3 is 10.6 Å². The standard InChI is InChI=1S/C13H20ClN3O2S/c1-9-8-17(2)6-5-13(9)16-20(18,19)10-3-4-12(15)11(14)7-10/h3-4,7,9,13,16H,5-6,8,15H2,1-2H3. The molecule has 0 aromatic heterocycles.